The summed E-state index contributed by atoms with van der Waals surface area (Å²) in [5, 5.41) is 3.91. The van der Waals surface area contributed by atoms with E-state index in [9.17, 15) is 4.79 Å². The maximum absolute atomic E-state index is 11.4. The highest BCUT2D eigenvalue weighted by molar-refractivity contribution is 7.99. The number of aryl methyl sites for hydroxylation is 1. The number of carbonyl (C=O) groups excluding carboxylic acids is 1. The summed E-state index contributed by atoms with van der Waals surface area (Å²) in [7, 11) is 0. The average Bonchev–Trinajstić information content (AvgIpc) is 2.57. The van der Waals surface area contributed by atoms with E-state index < -0.39 is 0 Å². The molecule has 0 unspecified atom stereocenters. The Kier molecular flexibility index (Phi) is 3.46. The minimum Gasteiger partial charge on any atom is -0.325 e. The molecule has 0 aliphatic rings. The number of fused-ring (bicyclic) bond motifs is 1. The van der Waals surface area contributed by atoms with Crippen molar-refractivity contribution in [2.45, 2.75) is 6.92 Å². The molecule has 1 aromatic carbocycles. The van der Waals surface area contributed by atoms with Gasteiger partial charge in [-0.1, -0.05) is 0 Å². The van der Waals surface area contributed by atoms with Crippen LogP contribution < -0.4 is 5.32 Å². The van der Waals surface area contributed by atoms with Crippen LogP contribution in [-0.2, 0) is 4.79 Å². The largest absolute Gasteiger partial charge is 0.325 e. The Morgan fingerprint density at radius 3 is 3.12 bits per heavy atom. The third kappa shape index (κ3) is 2.54. The molecule has 1 aromatic heterocycles. The lowest BCUT2D eigenvalue weighted by molar-refractivity contribution is -0.113. The maximum Gasteiger partial charge on any atom is 0.234 e. The van der Waals surface area contributed by atoms with Gasteiger partial charge in [0.25, 0.3) is 0 Å². The molecule has 2 aromatic rings. The molecule has 0 atom stereocenters. The molecule has 5 heteroatoms. The number of amides is 1. The highest BCUT2D eigenvalue weighted by atomic mass is 32.2. The van der Waals surface area contributed by atoms with Gasteiger partial charge in [-0.05, 0) is 31.4 Å². The first kappa shape index (κ1) is 11.4. The normalized spacial score (nSPS) is 10.6. The van der Waals surface area contributed by atoms with E-state index in [1.54, 1.807) is 11.3 Å². The van der Waals surface area contributed by atoms with Gasteiger partial charge in [0.05, 0.1) is 21.0 Å². The van der Waals surface area contributed by atoms with Crippen LogP contribution in [0.15, 0.2) is 18.2 Å². The number of hydrogen-bond donors (Lipinski definition) is 1. The Morgan fingerprint density at radius 1 is 1.56 bits per heavy atom. The van der Waals surface area contributed by atoms with Gasteiger partial charge in [-0.2, -0.15) is 11.8 Å². The minimum atomic E-state index is 0.0353. The topological polar surface area (TPSA) is 42.0 Å². The van der Waals surface area contributed by atoms with E-state index >= 15 is 0 Å². The molecule has 84 valence electrons. The predicted molar refractivity (Wildman–Crippen MR) is 71.4 cm³/mol. The molecule has 2 rings (SSSR count). The second-order valence-corrected chi connectivity index (χ2v) is 5.50. The van der Waals surface area contributed by atoms with E-state index in [1.165, 1.54) is 11.8 Å². The smallest absolute Gasteiger partial charge is 0.234 e. The standard InChI is InChI=1S/C11H12N2OS2/c1-7-12-9-4-3-8(5-10(9)16-7)13-11(14)6-15-2/h3-5H,6H2,1-2H3,(H,13,14). The molecule has 0 saturated heterocycles. The van der Waals surface area contributed by atoms with E-state index in [4.69, 9.17) is 0 Å². The fourth-order valence-corrected chi connectivity index (χ4v) is 2.65. The zero-order valence-electron chi connectivity index (χ0n) is 9.11. The zero-order valence-corrected chi connectivity index (χ0v) is 10.7. The van der Waals surface area contributed by atoms with Crippen molar-refractivity contribution in [3.63, 3.8) is 0 Å². The van der Waals surface area contributed by atoms with E-state index in [2.05, 4.69) is 10.3 Å². The molecule has 0 saturated carbocycles. The van der Waals surface area contributed by atoms with E-state index in [1.807, 2.05) is 31.4 Å². The number of rotatable bonds is 3. The molecule has 1 amide bonds. The number of nitrogens with zero attached hydrogens (tertiary/aromatic N) is 1. The Hall–Kier alpha value is -1.07. The molecule has 0 bridgehead atoms. The number of carbonyl (C=O) groups is 1. The first-order chi connectivity index (χ1) is 7.69. The van der Waals surface area contributed by atoms with Gasteiger partial charge in [-0.3, -0.25) is 4.79 Å². The number of anilines is 1. The molecule has 0 fully saturated rings. The monoisotopic (exact) mass is 252 g/mol. The molecule has 16 heavy (non-hydrogen) atoms. The van der Waals surface area contributed by atoms with Gasteiger partial charge in [0.2, 0.25) is 5.91 Å². The molecule has 3 nitrogen and oxygen atoms in total. The molecule has 1 N–H and O–H groups in total. The van der Waals surface area contributed by atoms with Crippen molar-refractivity contribution >= 4 is 44.9 Å². The summed E-state index contributed by atoms with van der Waals surface area (Å²) >= 11 is 3.15. The van der Waals surface area contributed by atoms with Gasteiger partial charge in [0.15, 0.2) is 0 Å². The lowest BCUT2D eigenvalue weighted by Gasteiger charge is -2.03. The summed E-state index contributed by atoms with van der Waals surface area (Å²) in [4.78, 5) is 15.8. The van der Waals surface area contributed by atoms with E-state index in [-0.39, 0.29) is 5.91 Å². The zero-order chi connectivity index (χ0) is 11.5. The first-order valence-corrected chi connectivity index (χ1v) is 7.06. The lowest BCUT2D eigenvalue weighted by atomic mass is 10.3. The van der Waals surface area contributed by atoms with Crippen molar-refractivity contribution in [2.24, 2.45) is 0 Å². The highest BCUT2D eigenvalue weighted by Gasteiger charge is 2.04. The van der Waals surface area contributed by atoms with E-state index in [0.29, 0.717) is 5.75 Å². The lowest BCUT2D eigenvalue weighted by Crippen LogP contribution is -2.13. The maximum atomic E-state index is 11.4. The van der Waals surface area contributed by atoms with Crippen LogP contribution in [-0.4, -0.2) is 22.9 Å². The second kappa shape index (κ2) is 4.84. The molecule has 1 heterocycles. The van der Waals surface area contributed by atoms with Crippen LogP contribution in [0.5, 0.6) is 0 Å². The minimum absolute atomic E-state index is 0.0353. The molecule has 0 spiro atoms. The van der Waals surface area contributed by atoms with Crippen LogP contribution >= 0.6 is 23.1 Å². The fourth-order valence-electron chi connectivity index (χ4n) is 1.45. The number of benzene rings is 1. The first-order valence-electron chi connectivity index (χ1n) is 4.85. The average molecular weight is 252 g/mol. The van der Waals surface area contributed by atoms with Crippen LogP contribution in [0.3, 0.4) is 0 Å². The van der Waals surface area contributed by atoms with E-state index in [0.717, 1.165) is 20.9 Å². The highest BCUT2D eigenvalue weighted by Crippen LogP contribution is 2.24. The molecule has 0 radical (unpaired) electrons. The number of nitrogens with one attached hydrogen (secondary N) is 1. The number of aromatic nitrogens is 1. The molecule has 0 aliphatic carbocycles. The molecular weight excluding hydrogens is 240 g/mol. The van der Waals surface area contributed by atoms with Crippen molar-refractivity contribution in [1.82, 2.24) is 4.98 Å². The number of thioether (sulfide) groups is 1. The van der Waals surface area contributed by atoms with Crippen molar-refractivity contribution in [3.8, 4) is 0 Å². The second-order valence-electron chi connectivity index (χ2n) is 3.40. The van der Waals surface area contributed by atoms with Crippen LogP contribution in [0.4, 0.5) is 5.69 Å². The van der Waals surface area contributed by atoms with Crippen molar-refractivity contribution in [2.75, 3.05) is 17.3 Å². The van der Waals surface area contributed by atoms with Gasteiger partial charge in [-0.15, -0.1) is 11.3 Å². The Bertz CT molecular complexity index is 522. The van der Waals surface area contributed by atoms with Crippen LogP contribution in [0, 0.1) is 6.92 Å². The van der Waals surface area contributed by atoms with Gasteiger partial charge >= 0.3 is 0 Å². The summed E-state index contributed by atoms with van der Waals surface area (Å²) < 4.78 is 1.11. The molecule has 0 aliphatic heterocycles. The summed E-state index contributed by atoms with van der Waals surface area (Å²) in [6.45, 7) is 1.98. The van der Waals surface area contributed by atoms with Crippen molar-refractivity contribution < 1.29 is 4.79 Å². The van der Waals surface area contributed by atoms with Crippen molar-refractivity contribution in [1.29, 1.82) is 0 Å². The van der Waals surface area contributed by atoms with Gasteiger partial charge < -0.3 is 5.32 Å². The Balaban J connectivity index is 2.22. The molecular formula is C11H12N2OS2. The summed E-state index contributed by atoms with van der Waals surface area (Å²) in [5.74, 6) is 0.521. The summed E-state index contributed by atoms with van der Waals surface area (Å²) in [5.41, 5.74) is 1.83. The van der Waals surface area contributed by atoms with Crippen LogP contribution in [0.2, 0.25) is 0 Å². The van der Waals surface area contributed by atoms with Gasteiger partial charge in [0.1, 0.15) is 0 Å². The Labute approximate surface area is 102 Å². The van der Waals surface area contributed by atoms with Gasteiger partial charge in [-0.25, -0.2) is 4.98 Å². The van der Waals surface area contributed by atoms with Crippen molar-refractivity contribution in [3.05, 3.63) is 23.2 Å². The number of hydrogen-bond acceptors (Lipinski definition) is 4. The fraction of sp³-hybridized carbons (Fsp3) is 0.273. The predicted octanol–water partition coefficient (Wildman–Crippen LogP) is 2.91. The van der Waals surface area contributed by atoms with Gasteiger partial charge in [0, 0.05) is 5.69 Å². The SMILES string of the molecule is CSCC(=O)Nc1ccc2nc(C)sc2c1. The summed E-state index contributed by atoms with van der Waals surface area (Å²) in [6.07, 6.45) is 1.91. The summed E-state index contributed by atoms with van der Waals surface area (Å²) in [6, 6.07) is 5.80. The quantitative estimate of drug-likeness (QED) is 0.913. The Morgan fingerprint density at radius 2 is 2.38 bits per heavy atom. The van der Waals surface area contributed by atoms with Crippen LogP contribution in [0.25, 0.3) is 10.2 Å². The third-order valence-electron chi connectivity index (χ3n) is 2.05. The number of thiazole rings is 1. The van der Waals surface area contributed by atoms with Crippen LogP contribution in [0.1, 0.15) is 5.01 Å². The third-order valence-corrected chi connectivity index (χ3v) is 3.54.